The Labute approximate surface area is 121 Å². The molecule has 0 aromatic heterocycles. The Hall–Kier alpha value is -1.26. The fourth-order valence-corrected chi connectivity index (χ4v) is 2.40. The molecular formula is C13H14Cl2N2O2. The van der Waals surface area contributed by atoms with Crippen molar-refractivity contribution in [3.8, 4) is 0 Å². The van der Waals surface area contributed by atoms with E-state index in [4.69, 9.17) is 23.2 Å². The molecular weight excluding hydrogens is 287 g/mol. The maximum absolute atomic E-state index is 12.1. The second-order valence-corrected chi connectivity index (χ2v) is 5.46. The lowest BCUT2D eigenvalue weighted by atomic mass is 10.1. The molecule has 1 saturated heterocycles. The molecule has 0 aliphatic carbocycles. The van der Waals surface area contributed by atoms with Crippen LogP contribution in [0.5, 0.6) is 0 Å². The van der Waals surface area contributed by atoms with Gasteiger partial charge in [-0.25, -0.2) is 0 Å². The number of hydrogen-bond acceptors (Lipinski definition) is 2. The van der Waals surface area contributed by atoms with Crippen LogP contribution in [0.2, 0.25) is 10.0 Å². The maximum Gasteiger partial charge on any atom is 0.228 e. The Balaban J connectivity index is 2.00. The predicted molar refractivity (Wildman–Crippen MR) is 74.1 cm³/mol. The highest BCUT2D eigenvalue weighted by Crippen LogP contribution is 2.23. The highest BCUT2D eigenvalue weighted by molar-refractivity contribution is 6.42. The van der Waals surface area contributed by atoms with E-state index >= 15 is 0 Å². The number of halogens is 2. The molecule has 1 aliphatic heterocycles. The van der Waals surface area contributed by atoms with E-state index in [1.807, 2.05) is 6.07 Å². The van der Waals surface area contributed by atoms with Crippen LogP contribution in [0.4, 0.5) is 0 Å². The molecule has 19 heavy (non-hydrogen) atoms. The Kier molecular flexibility index (Phi) is 4.32. The number of carbonyl (C=O) groups is 2. The van der Waals surface area contributed by atoms with E-state index in [9.17, 15) is 9.59 Å². The lowest BCUT2D eigenvalue weighted by molar-refractivity contribution is -0.135. The first-order chi connectivity index (χ1) is 8.97. The van der Waals surface area contributed by atoms with Crippen molar-refractivity contribution in [2.45, 2.75) is 13.0 Å². The molecule has 1 aromatic rings. The van der Waals surface area contributed by atoms with Crippen LogP contribution >= 0.6 is 23.2 Å². The van der Waals surface area contributed by atoms with Crippen molar-refractivity contribution in [1.82, 2.24) is 10.2 Å². The SMILES string of the molecule is CN(Cc1ccc(Cl)c(Cl)c1)C(=O)C1CNC(=O)C1. The van der Waals surface area contributed by atoms with Gasteiger partial charge in [0.2, 0.25) is 11.8 Å². The minimum atomic E-state index is -0.264. The van der Waals surface area contributed by atoms with Gasteiger partial charge in [0.15, 0.2) is 0 Å². The van der Waals surface area contributed by atoms with Crippen molar-refractivity contribution < 1.29 is 9.59 Å². The average molecular weight is 301 g/mol. The number of amides is 2. The van der Waals surface area contributed by atoms with Crippen LogP contribution in [-0.2, 0) is 16.1 Å². The third kappa shape index (κ3) is 3.39. The van der Waals surface area contributed by atoms with Crippen molar-refractivity contribution >= 4 is 35.0 Å². The van der Waals surface area contributed by atoms with E-state index in [1.54, 1.807) is 24.1 Å². The lowest BCUT2D eigenvalue weighted by Crippen LogP contribution is -2.33. The van der Waals surface area contributed by atoms with Gasteiger partial charge >= 0.3 is 0 Å². The minimum Gasteiger partial charge on any atom is -0.355 e. The fraction of sp³-hybridized carbons (Fsp3) is 0.385. The molecule has 1 N–H and O–H groups in total. The standard InChI is InChI=1S/C13H14Cl2N2O2/c1-17(13(19)9-5-12(18)16-6-9)7-8-2-3-10(14)11(15)4-8/h2-4,9H,5-7H2,1H3,(H,16,18). The van der Waals surface area contributed by atoms with E-state index in [0.29, 0.717) is 23.1 Å². The molecule has 1 unspecified atom stereocenters. The summed E-state index contributed by atoms with van der Waals surface area (Å²) in [6.45, 7) is 0.865. The summed E-state index contributed by atoms with van der Waals surface area (Å²) >= 11 is 11.8. The normalized spacial score (nSPS) is 18.3. The highest BCUT2D eigenvalue weighted by Gasteiger charge is 2.29. The first kappa shape index (κ1) is 14.2. The zero-order valence-electron chi connectivity index (χ0n) is 10.5. The Bertz CT molecular complexity index is 519. The van der Waals surface area contributed by atoms with Gasteiger partial charge in [0.05, 0.1) is 16.0 Å². The van der Waals surface area contributed by atoms with Crippen molar-refractivity contribution in [2.75, 3.05) is 13.6 Å². The van der Waals surface area contributed by atoms with E-state index < -0.39 is 0 Å². The second kappa shape index (κ2) is 5.80. The van der Waals surface area contributed by atoms with Gasteiger partial charge in [0.1, 0.15) is 0 Å². The van der Waals surface area contributed by atoms with Crippen LogP contribution in [-0.4, -0.2) is 30.3 Å². The molecule has 0 spiro atoms. The molecule has 0 saturated carbocycles. The molecule has 2 amide bonds. The molecule has 6 heteroatoms. The van der Waals surface area contributed by atoms with Gasteiger partial charge in [-0.1, -0.05) is 29.3 Å². The summed E-state index contributed by atoms with van der Waals surface area (Å²) in [6, 6.07) is 5.28. The summed E-state index contributed by atoms with van der Waals surface area (Å²) in [6.07, 6.45) is 0.268. The highest BCUT2D eigenvalue weighted by atomic mass is 35.5. The number of rotatable bonds is 3. The summed E-state index contributed by atoms with van der Waals surface area (Å²) in [5.41, 5.74) is 0.905. The predicted octanol–water partition coefficient (Wildman–Crippen LogP) is 2.09. The number of nitrogens with one attached hydrogen (secondary N) is 1. The number of benzene rings is 1. The molecule has 1 fully saturated rings. The largest absolute Gasteiger partial charge is 0.355 e. The zero-order valence-corrected chi connectivity index (χ0v) is 12.0. The topological polar surface area (TPSA) is 49.4 Å². The Morgan fingerprint density at radius 2 is 2.16 bits per heavy atom. The van der Waals surface area contributed by atoms with E-state index in [-0.39, 0.29) is 24.2 Å². The fourth-order valence-electron chi connectivity index (χ4n) is 2.08. The smallest absolute Gasteiger partial charge is 0.228 e. The number of hydrogen-bond donors (Lipinski definition) is 1. The van der Waals surface area contributed by atoms with Gasteiger partial charge in [-0.3, -0.25) is 9.59 Å². The Morgan fingerprint density at radius 1 is 1.42 bits per heavy atom. The summed E-state index contributed by atoms with van der Waals surface area (Å²) in [7, 11) is 1.72. The first-order valence-electron chi connectivity index (χ1n) is 5.93. The molecule has 1 heterocycles. The number of carbonyl (C=O) groups excluding carboxylic acids is 2. The van der Waals surface area contributed by atoms with Crippen LogP contribution in [0.15, 0.2) is 18.2 Å². The zero-order chi connectivity index (χ0) is 14.0. The molecule has 1 atom stereocenters. The van der Waals surface area contributed by atoms with Gasteiger partial charge in [0.25, 0.3) is 0 Å². The molecule has 1 aromatic carbocycles. The Morgan fingerprint density at radius 3 is 2.74 bits per heavy atom. The molecule has 2 rings (SSSR count). The van der Waals surface area contributed by atoms with Crippen LogP contribution in [0.3, 0.4) is 0 Å². The maximum atomic E-state index is 12.1. The molecule has 102 valence electrons. The monoisotopic (exact) mass is 300 g/mol. The summed E-state index contributed by atoms with van der Waals surface area (Å²) in [4.78, 5) is 24.8. The minimum absolute atomic E-state index is 0.0376. The van der Waals surface area contributed by atoms with Gasteiger partial charge in [0, 0.05) is 26.6 Å². The van der Waals surface area contributed by atoms with Gasteiger partial charge < -0.3 is 10.2 Å². The first-order valence-corrected chi connectivity index (χ1v) is 6.68. The van der Waals surface area contributed by atoms with Gasteiger partial charge in [-0.2, -0.15) is 0 Å². The van der Waals surface area contributed by atoms with Crippen LogP contribution in [0.25, 0.3) is 0 Å². The summed E-state index contributed by atoms with van der Waals surface area (Å²) in [5.74, 6) is -0.369. The van der Waals surface area contributed by atoms with Crippen LogP contribution in [0.1, 0.15) is 12.0 Å². The van der Waals surface area contributed by atoms with E-state index in [2.05, 4.69) is 5.32 Å². The third-order valence-electron chi connectivity index (χ3n) is 3.11. The van der Waals surface area contributed by atoms with Crippen molar-refractivity contribution in [3.05, 3.63) is 33.8 Å². The number of nitrogens with zero attached hydrogens (tertiary/aromatic N) is 1. The van der Waals surface area contributed by atoms with Crippen molar-refractivity contribution in [2.24, 2.45) is 5.92 Å². The van der Waals surface area contributed by atoms with E-state index in [1.165, 1.54) is 0 Å². The van der Waals surface area contributed by atoms with Crippen LogP contribution < -0.4 is 5.32 Å². The molecule has 4 nitrogen and oxygen atoms in total. The van der Waals surface area contributed by atoms with Gasteiger partial charge in [-0.05, 0) is 17.7 Å². The van der Waals surface area contributed by atoms with E-state index in [0.717, 1.165) is 5.56 Å². The molecule has 0 bridgehead atoms. The molecule has 0 radical (unpaired) electrons. The second-order valence-electron chi connectivity index (χ2n) is 4.65. The van der Waals surface area contributed by atoms with Crippen molar-refractivity contribution in [3.63, 3.8) is 0 Å². The van der Waals surface area contributed by atoms with Gasteiger partial charge in [-0.15, -0.1) is 0 Å². The third-order valence-corrected chi connectivity index (χ3v) is 3.85. The molecule has 1 aliphatic rings. The van der Waals surface area contributed by atoms with Crippen molar-refractivity contribution in [1.29, 1.82) is 0 Å². The lowest BCUT2D eigenvalue weighted by Gasteiger charge is -2.20. The summed E-state index contributed by atoms with van der Waals surface area (Å²) < 4.78 is 0. The average Bonchev–Trinajstić information content (AvgIpc) is 2.79. The quantitative estimate of drug-likeness (QED) is 0.929. The van der Waals surface area contributed by atoms with Crippen LogP contribution in [0, 0.1) is 5.92 Å². The summed E-state index contributed by atoms with van der Waals surface area (Å²) in [5, 5.41) is 3.62.